The molecule has 1 aromatic carbocycles. The second-order valence-electron chi connectivity index (χ2n) is 5.48. The van der Waals surface area contributed by atoms with E-state index in [-0.39, 0.29) is 6.04 Å². The highest BCUT2D eigenvalue weighted by molar-refractivity contribution is 9.10. The highest BCUT2D eigenvalue weighted by atomic mass is 79.9. The third kappa shape index (κ3) is 3.47. The first-order chi connectivity index (χ1) is 9.93. The number of halogens is 1. The summed E-state index contributed by atoms with van der Waals surface area (Å²) in [5.74, 6) is 0. The average Bonchev–Trinajstić information content (AvgIpc) is 2.74. The molecule has 0 aliphatic carbocycles. The minimum absolute atomic E-state index is 0.0300. The lowest BCUT2D eigenvalue weighted by molar-refractivity contribution is 0.637. The predicted molar refractivity (Wildman–Crippen MR) is 91.7 cm³/mol. The van der Waals surface area contributed by atoms with Crippen molar-refractivity contribution in [3.63, 3.8) is 0 Å². The van der Waals surface area contributed by atoms with Gasteiger partial charge in [0.05, 0.1) is 15.9 Å². The molecule has 2 N–H and O–H groups in total. The summed E-state index contributed by atoms with van der Waals surface area (Å²) in [6.45, 7) is 2.11. The Kier molecular flexibility index (Phi) is 5.06. The third-order valence-corrected chi connectivity index (χ3v) is 4.67. The van der Waals surface area contributed by atoms with E-state index in [2.05, 4.69) is 57.1 Å². The van der Waals surface area contributed by atoms with Gasteiger partial charge in [-0.2, -0.15) is 5.10 Å². The molecule has 4 nitrogen and oxygen atoms in total. The number of hydrogen-bond acceptors (Lipinski definition) is 3. The third-order valence-electron chi connectivity index (χ3n) is 3.75. The first kappa shape index (κ1) is 16.0. The van der Waals surface area contributed by atoms with Crippen LogP contribution >= 0.6 is 15.9 Å². The van der Waals surface area contributed by atoms with E-state index in [9.17, 15) is 0 Å². The maximum Gasteiger partial charge on any atom is 0.0766 e. The van der Waals surface area contributed by atoms with Crippen LogP contribution < -0.4 is 10.6 Å². The number of nitrogens with two attached hydrogens (primary N) is 1. The summed E-state index contributed by atoms with van der Waals surface area (Å²) in [5, 5.41) is 4.52. The quantitative estimate of drug-likeness (QED) is 0.901. The van der Waals surface area contributed by atoms with Crippen LogP contribution in [0.4, 0.5) is 5.69 Å². The van der Waals surface area contributed by atoms with Crippen molar-refractivity contribution >= 4 is 21.6 Å². The number of aromatic nitrogens is 2. The zero-order valence-electron chi connectivity index (χ0n) is 13.1. The van der Waals surface area contributed by atoms with E-state index in [4.69, 9.17) is 5.73 Å². The number of nitrogens with zero attached hydrogens (tertiary/aromatic N) is 3. The molecule has 21 heavy (non-hydrogen) atoms. The highest BCUT2D eigenvalue weighted by Crippen LogP contribution is 2.26. The number of rotatable bonds is 5. The Labute approximate surface area is 135 Å². The molecule has 0 aliphatic rings. The summed E-state index contributed by atoms with van der Waals surface area (Å²) in [6, 6.07) is 8.38. The Morgan fingerprint density at radius 2 is 1.90 bits per heavy atom. The maximum absolute atomic E-state index is 6.37. The largest absolute Gasteiger partial charge is 0.378 e. The smallest absolute Gasteiger partial charge is 0.0766 e. The van der Waals surface area contributed by atoms with Crippen LogP contribution in [0.1, 0.15) is 29.9 Å². The SMILES string of the molecule is CCc1nn(C)c(CC(N)c2ccc(N(C)C)cc2)c1Br. The fraction of sp³-hybridized carbons (Fsp3) is 0.438. The van der Waals surface area contributed by atoms with Gasteiger partial charge in [-0.1, -0.05) is 19.1 Å². The van der Waals surface area contributed by atoms with Crippen LogP contribution in [0.5, 0.6) is 0 Å². The first-order valence-electron chi connectivity index (χ1n) is 7.17. The van der Waals surface area contributed by atoms with Crippen LogP contribution in [0.15, 0.2) is 28.7 Å². The van der Waals surface area contributed by atoms with Gasteiger partial charge in [-0.3, -0.25) is 4.68 Å². The standard InChI is InChI=1S/C16H23BrN4/c1-5-14-16(17)15(21(4)19-14)10-13(18)11-6-8-12(9-7-11)20(2)3/h6-9,13H,5,10,18H2,1-4H3. The van der Waals surface area contributed by atoms with Crippen LogP contribution in [0, 0.1) is 0 Å². The molecule has 0 aliphatic heterocycles. The molecule has 114 valence electrons. The molecule has 1 unspecified atom stereocenters. The Morgan fingerprint density at radius 1 is 1.29 bits per heavy atom. The summed E-state index contributed by atoms with van der Waals surface area (Å²) in [7, 11) is 6.04. The fourth-order valence-electron chi connectivity index (χ4n) is 2.39. The van der Waals surface area contributed by atoms with Crippen molar-refractivity contribution in [2.45, 2.75) is 25.8 Å². The molecule has 0 radical (unpaired) electrons. The van der Waals surface area contributed by atoms with Gasteiger partial charge in [0.25, 0.3) is 0 Å². The van der Waals surface area contributed by atoms with Gasteiger partial charge in [0.2, 0.25) is 0 Å². The summed E-state index contributed by atoms with van der Waals surface area (Å²) in [4.78, 5) is 2.08. The first-order valence-corrected chi connectivity index (χ1v) is 7.96. The van der Waals surface area contributed by atoms with Crippen molar-refractivity contribution in [3.8, 4) is 0 Å². The number of hydrogen-bond donors (Lipinski definition) is 1. The van der Waals surface area contributed by atoms with Crippen LogP contribution in [-0.4, -0.2) is 23.9 Å². The van der Waals surface area contributed by atoms with Crippen LogP contribution in [-0.2, 0) is 19.9 Å². The maximum atomic E-state index is 6.37. The lowest BCUT2D eigenvalue weighted by atomic mass is 10.0. The molecule has 1 heterocycles. The van der Waals surface area contributed by atoms with Crippen molar-refractivity contribution in [2.75, 3.05) is 19.0 Å². The van der Waals surface area contributed by atoms with Crippen LogP contribution in [0.2, 0.25) is 0 Å². The molecular formula is C16H23BrN4. The highest BCUT2D eigenvalue weighted by Gasteiger charge is 2.16. The van der Waals surface area contributed by atoms with E-state index >= 15 is 0 Å². The van der Waals surface area contributed by atoms with Crippen molar-refractivity contribution in [2.24, 2.45) is 12.8 Å². The van der Waals surface area contributed by atoms with Crippen molar-refractivity contribution in [1.29, 1.82) is 0 Å². The lowest BCUT2D eigenvalue weighted by Crippen LogP contribution is -2.16. The summed E-state index contributed by atoms with van der Waals surface area (Å²) >= 11 is 3.65. The summed E-state index contributed by atoms with van der Waals surface area (Å²) in [5.41, 5.74) is 10.9. The summed E-state index contributed by atoms with van der Waals surface area (Å²) < 4.78 is 3.02. The molecular weight excluding hydrogens is 328 g/mol. The van der Waals surface area contributed by atoms with Gasteiger partial charge in [-0.25, -0.2) is 0 Å². The number of aryl methyl sites for hydroxylation is 2. The molecule has 2 rings (SSSR count). The van der Waals surface area contributed by atoms with E-state index in [1.165, 1.54) is 5.69 Å². The molecule has 0 bridgehead atoms. The monoisotopic (exact) mass is 350 g/mol. The Hall–Kier alpha value is -1.33. The minimum atomic E-state index is -0.0300. The van der Waals surface area contributed by atoms with Gasteiger partial charge in [0, 0.05) is 39.3 Å². The van der Waals surface area contributed by atoms with Gasteiger partial charge in [0.15, 0.2) is 0 Å². The van der Waals surface area contributed by atoms with Crippen molar-refractivity contribution in [3.05, 3.63) is 45.7 Å². The Morgan fingerprint density at radius 3 is 2.38 bits per heavy atom. The second kappa shape index (κ2) is 6.62. The van der Waals surface area contributed by atoms with Gasteiger partial charge in [-0.15, -0.1) is 0 Å². The number of anilines is 1. The lowest BCUT2D eigenvalue weighted by Gasteiger charge is -2.16. The van der Waals surface area contributed by atoms with Crippen molar-refractivity contribution < 1.29 is 0 Å². The second-order valence-corrected chi connectivity index (χ2v) is 6.27. The van der Waals surface area contributed by atoms with Crippen molar-refractivity contribution in [1.82, 2.24) is 9.78 Å². The van der Waals surface area contributed by atoms with Crippen LogP contribution in [0.3, 0.4) is 0 Å². The molecule has 0 fully saturated rings. The molecule has 0 amide bonds. The van der Waals surface area contributed by atoms with Gasteiger partial charge in [0.1, 0.15) is 0 Å². The summed E-state index contributed by atoms with van der Waals surface area (Å²) in [6.07, 6.45) is 1.69. The van der Waals surface area contributed by atoms with E-state index in [1.807, 2.05) is 25.8 Å². The van der Waals surface area contributed by atoms with Gasteiger partial charge >= 0.3 is 0 Å². The number of benzene rings is 1. The Balaban J connectivity index is 2.18. The predicted octanol–water partition coefficient (Wildman–Crippen LogP) is 3.05. The molecule has 0 saturated heterocycles. The van der Waals surface area contributed by atoms with Gasteiger partial charge < -0.3 is 10.6 Å². The molecule has 5 heteroatoms. The van der Waals surface area contributed by atoms with Gasteiger partial charge in [-0.05, 0) is 40.0 Å². The van der Waals surface area contributed by atoms with E-state index < -0.39 is 0 Å². The molecule has 0 saturated carbocycles. The van der Waals surface area contributed by atoms with E-state index in [0.29, 0.717) is 0 Å². The van der Waals surface area contributed by atoms with E-state index in [0.717, 1.165) is 34.3 Å². The zero-order valence-corrected chi connectivity index (χ0v) is 14.7. The molecule has 1 atom stereocenters. The molecule has 1 aromatic heterocycles. The van der Waals surface area contributed by atoms with E-state index in [1.54, 1.807) is 0 Å². The van der Waals surface area contributed by atoms with Crippen LogP contribution in [0.25, 0.3) is 0 Å². The molecule has 2 aromatic rings. The zero-order chi connectivity index (χ0) is 15.6. The molecule has 0 spiro atoms. The normalized spacial score (nSPS) is 12.5. The fourth-order valence-corrected chi connectivity index (χ4v) is 3.17. The topological polar surface area (TPSA) is 47.1 Å². The minimum Gasteiger partial charge on any atom is -0.378 e. The average molecular weight is 351 g/mol. The Bertz CT molecular complexity index is 601.